The third-order valence-corrected chi connectivity index (χ3v) is 22.2. The van der Waals surface area contributed by atoms with Gasteiger partial charge in [-0.05, 0) is 97.7 Å². The molecular formula is C57H96O30. The summed E-state index contributed by atoms with van der Waals surface area (Å²) in [5, 5.41) is 205. The molecule has 87 heavy (non-hydrogen) atoms. The van der Waals surface area contributed by atoms with E-state index in [0.717, 1.165) is 32.1 Å². The quantitative estimate of drug-likeness (QED) is 0.0534. The van der Waals surface area contributed by atoms with Crippen LogP contribution in [0.2, 0.25) is 0 Å². The number of fused-ring (bicyclic) bond motifs is 7. The van der Waals surface area contributed by atoms with Gasteiger partial charge in [-0.25, -0.2) is 0 Å². The monoisotopic (exact) mass is 1260 g/mol. The largest absolute Gasteiger partial charge is 0.394 e. The topological polar surface area (TPSA) is 486 Å². The second-order valence-electron chi connectivity index (χ2n) is 27.2. The summed E-state index contributed by atoms with van der Waals surface area (Å²) < 4.78 is 65.7. The van der Waals surface area contributed by atoms with Crippen LogP contribution in [0.4, 0.5) is 0 Å². The Labute approximate surface area is 502 Å². The van der Waals surface area contributed by atoms with Gasteiger partial charge in [0.25, 0.3) is 0 Å². The molecule has 10 fully saturated rings. The summed E-state index contributed by atoms with van der Waals surface area (Å²) in [7, 11) is 0. The minimum atomic E-state index is -2.09. The molecule has 6 aliphatic heterocycles. The molecule has 0 amide bonds. The van der Waals surface area contributed by atoms with Crippen LogP contribution in [0.3, 0.4) is 0 Å². The zero-order valence-corrected chi connectivity index (χ0v) is 49.3. The third-order valence-electron chi connectivity index (χ3n) is 22.2. The van der Waals surface area contributed by atoms with E-state index in [1.807, 2.05) is 6.92 Å². The molecule has 6 saturated heterocycles. The second-order valence-corrected chi connectivity index (χ2v) is 27.2. The first-order valence-electron chi connectivity index (χ1n) is 31.0. The van der Waals surface area contributed by atoms with Gasteiger partial charge in [0.15, 0.2) is 37.2 Å². The molecular weight excluding hydrogens is 1160 g/mol. The Bertz CT molecular complexity index is 2220. The molecule has 0 radical (unpaired) electrons. The summed E-state index contributed by atoms with van der Waals surface area (Å²) in [6.45, 7) is 4.45. The summed E-state index contributed by atoms with van der Waals surface area (Å²) in [6.07, 6.45) is -40.6. The zero-order valence-electron chi connectivity index (χ0n) is 49.3. The Morgan fingerprint density at radius 2 is 0.966 bits per heavy atom. The molecule has 504 valence electrons. The number of hydrogen-bond donors (Lipinski definition) is 19. The predicted octanol–water partition coefficient (Wildman–Crippen LogP) is -7.16. The Morgan fingerprint density at radius 1 is 0.483 bits per heavy atom. The Morgan fingerprint density at radius 3 is 1.54 bits per heavy atom. The summed E-state index contributed by atoms with van der Waals surface area (Å²) >= 11 is 0. The van der Waals surface area contributed by atoms with Crippen LogP contribution in [0.15, 0.2) is 0 Å². The summed E-state index contributed by atoms with van der Waals surface area (Å²) in [5.41, 5.74) is -0.457. The third kappa shape index (κ3) is 12.6. The van der Waals surface area contributed by atoms with E-state index in [4.69, 9.17) is 52.1 Å². The highest BCUT2D eigenvalue weighted by Crippen LogP contribution is 2.71. The van der Waals surface area contributed by atoms with Crippen LogP contribution in [-0.4, -0.2) is 314 Å². The van der Waals surface area contributed by atoms with Crippen LogP contribution in [0, 0.1) is 52.3 Å². The maximum atomic E-state index is 12.2. The van der Waals surface area contributed by atoms with Gasteiger partial charge in [0.2, 0.25) is 0 Å². The first-order chi connectivity index (χ1) is 41.2. The average Bonchev–Trinajstić information content (AvgIpc) is 1.60. The predicted molar refractivity (Wildman–Crippen MR) is 286 cm³/mol. The molecule has 30 heteroatoms. The Kier molecular flexibility index (Phi) is 21.5. The number of rotatable bonds is 19. The van der Waals surface area contributed by atoms with Crippen LogP contribution < -0.4 is 0 Å². The molecule has 19 N–H and O–H groups in total. The van der Waals surface area contributed by atoms with Crippen molar-refractivity contribution in [2.45, 2.75) is 263 Å². The van der Waals surface area contributed by atoms with E-state index < -0.39 is 205 Å². The second kappa shape index (κ2) is 27.3. The normalized spacial score (nSPS) is 55.6. The highest BCUT2D eigenvalue weighted by molar-refractivity contribution is 5.16. The van der Waals surface area contributed by atoms with Crippen molar-refractivity contribution in [3.63, 3.8) is 0 Å². The summed E-state index contributed by atoms with van der Waals surface area (Å²) in [5.74, 6) is -0.710. The van der Waals surface area contributed by atoms with Crippen molar-refractivity contribution < 1.29 is 149 Å². The van der Waals surface area contributed by atoms with Crippen molar-refractivity contribution in [2.75, 3.05) is 39.6 Å². The van der Waals surface area contributed by atoms with Gasteiger partial charge in [-0.1, -0.05) is 27.7 Å². The van der Waals surface area contributed by atoms with Crippen molar-refractivity contribution in [3.8, 4) is 0 Å². The molecule has 4 saturated carbocycles. The van der Waals surface area contributed by atoms with E-state index in [9.17, 15) is 97.0 Å². The van der Waals surface area contributed by atoms with E-state index in [1.165, 1.54) is 0 Å². The van der Waals surface area contributed by atoms with Crippen LogP contribution in [0.5, 0.6) is 0 Å². The molecule has 38 atom stereocenters. The highest BCUT2D eigenvalue weighted by Gasteiger charge is 2.69. The summed E-state index contributed by atoms with van der Waals surface area (Å²) in [6, 6.07) is 0. The van der Waals surface area contributed by atoms with Crippen molar-refractivity contribution in [1.82, 2.24) is 0 Å². The lowest BCUT2D eigenvalue weighted by Gasteiger charge is -2.62. The molecule has 0 aromatic rings. The molecule has 0 bridgehead atoms. The number of aliphatic hydroxyl groups is 19. The maximum Gasteiger partial charge on any atom is 0.187 e. The molecule has 6 heterocycles. The van der Waals surface area contributed by atoms with E-state index in [-0.39, 0.29) is 53.1 Å². The van der Waals surface area contributed by atoms with Gasteiger partial charge in [0.05, 0.1) is 58.0 Å². The fourth-order valence-electron chi connectivity index (χ4n) is 17.2. The molecule has 0 aromatic heterocycles. The van der Waals surface area contributed by atoms with Crippen molar-refractivity contribution in [1.29, 1.82) is 0 Å². The number of hydrogen-bond acceptors (Lipinski definition) is 30. The molecule has 0 unspecified atom stereocenters. The summed E-state index contributed by atoms with van der Waals surface area (Å²) in [4.78, 5) is 0. The SMILES string of the molecule is C[C@H](CC[C@@]1(O)O[C@H]2C[C@H]3[C@@H]4CC[C@H]5C[C@@H](O[C@@H]6O[C@H](CO)[C@H](O[C@@H]7O[C@H](CO)[C@@H](O)[C@H](O[C@@H]8O[C@H](CO)[C@@H](O)[C@H](O)[C@H]8O)[C@H]7O[C@@H]7O[C@H](CO)[C@@H](O)[C@H](O)[C@H]7O)[C@H](O)[C@H]6O)[C@H](O)C[C@]5(C)[C@H]4CC[C@]3(C)[C@H]2[C@@H]1C)CO[C@@H]1O[C@H](CO)[C@@H](O)[C@H](O)[C@H]1O. The van der Waals surface area contributed by atoms with Crippen molar-refractivity contribution in [3.05, 3.63) is 0 Å². The fraction of sp³-hybridized carbons (Fsp3) is 1.00. The first-order valence-corrected chi connectivity index (χ1v) is 31.0. The minimum absolute atomic E-state index is 0.0665. The van der Waals surface area contributed by atoms with Crippen LogP contribution in [0.25, 0.3) is 0 Å². The van der Waals surface area contributed by atoms with E-state index in [0.29, 0.717) is 37.5 Å². The van der Waals surface area contributed by atoms with Gasteiger partial charge in [-0.15, -0.1) is 0 Å². The molecule has 4 aliphatic carbocycles. The standard InChI is InChI=1S/C57H96O30/c1-20(19-77-50-43(72)39(68)35(64)29(14-58)79-50)7-10-57(76)21(2)34-28(87-57)12-25-23-6-5-22-11-27(26(63)13-56(22,4)24(23)8-9-55(25,34)3)78-51-46(75)42(71)47(33(18-62)83-51)84-54-49(86-53-45(74)41(70)37(66)31(16-60)81-53)48(38(67)32(17-61)82-54)85-52-44(73)40(69)36(65)30(15-59)80-52/h20-54,58-76H,5-19H2,1-4H3/t20-,21+,22+,23-,24+,25+,26-,27-,28+,29-,30-,31-,32-,33-,34+,35-,36-,37-,38-,39+,40+,41+,42-,43-,44-,45-,46-,47+,48+,49-,50-,51-,52+,53+,54+,55+,56+,57-/m1/s1. The Hall–Kier alpha value is -1.20. The highest BCUT2D eigenvalue weighted by atomic mass is 16.8. The van der Waals surface area contributed by atoms with Crippen LogP contribution in [-0.2, 0) is 52.1 Å². The van der Waals surface area contributed by atoms with Crippen molar-refractivity contribution in [2.24, 2.45) is 52.3 Å². The number of ether oxygens (including phenoxy) is 11. The molecule has 30 nitrogen and oxygen atoms in total. The van der Waals surface area contributed by atoms with Gasteiger partial charge in [-0.3, -0.25) is 0 Å². The van der Waals surface area contributed by atoms with Gasteiger partial charge in [0.1, 0.15) is 122 Å². The maximum absolute atomic E-state index is 12.2. The first kappa shape index (κ1) is 68.7. The van der Waals surface area contributed by atoms with Gasteiger partial charge < -0.3 is 149 Å². The fourth-order valence-corrected chi connectivity index (χ4v) is 17.2. The Balaban J connectivity index is 0.777. The minimum Gasteiger partial charge on any atom is -0.394 e. The molecule has 0 spiro atoms. The van der Waals surface area contributed by atoms with E-state index in [1.54, 1.807) is 0 Å². The average molecular weight is 1260 g/mol. The molecule has 10 aliphatic rings. The molecule has 0 aromatic carbocycles. The van der Waals surface area contributed by atoms with Crippen molar-refractivity contribution >= 4 is 0 Å². The number of aliphatic hydroxyl groups excluding tert-OH is 18. The van der Waals surface area contributed by atoms with Gasteiger partial charge in [-0.2, -0.15) is 0 Å². The lowest BCUT2D eigenvalue weighted by atomic mass is 9.44. The van der Waals surface area contributed by atoms with E-state index in [2.05, 4.69) is 20.8 Å². The molecule has 10 rings (SSSR count). The lowest BCUT2D eigenvalue weighted by Crippen LogP contribution is -2.69. The van der Waals surface area contributed by atoms with Crippen LogP contribution >= 0.6 is 0 Å². The zero-order chi connectivity index (χ0) is 63.1. The lowest BCUT2D eigenvalue weighted by molar-refractivity contribution is -0.407. The van der Waals surface area contributed by atoms with Crippen LogP contribution in [0.1, 0.15) is 85.5 Å². The van der Waals surface area contributed by atoms with E-state index >= 15 is 0 Å². The van der Waals surface area contributed by atoms with Gasteiger partial charge >= 0.3 is 0 Å². The van der Waals surface area contributed by atoms with Gasteiger partial charge in [0, 0.05) is 12.3 Å². The smallest absolute Gasteiger partial charge is 0.187 e.